The minimum Gasteiger partial charge on any atom is -0.374 e. The van der Waals surface area contributed by atoms with Gasteiger partial charge in [0.15, 0.2) is 0 Å². The molecule has 0 spiro atoms. The SMILES string of the molecule is CC(N)C1CN(CC(=O)N(C)C2CCCCC2)CCO1. The Labute approximate surface area is 122 Å². The molecule has 0 aromatic rings. The molecule has 2 N–H and O–H groups in total. The first-order valence-electron chi connectivity index (χ1n) is 7.93. The maximum Gasteiger partial charge on any atom is 0.236 e. The van der Waals surface area contributed by atoms with Gasteiger partial charge in [0.1, 0.15) is 0 Å². The van der Waals surface area contributed by atoms with Gasteiger partial charge in [0, 0.05) is 32.2 Å². The van der Waals surface area contributed by atoms with Crippen LogP contribution < -0.4 is 5.73 Å². The summed E-state index contributed by atoms with van der Waals surface area (Å²) in [5, 5.41) is 0. The quantitative estimate of drug-likeness (QED) is 0.830. The van der Waals surface area contributed by atoms with Crippen molar-refractivity contribution in [3.05, 3.63) is 0 Å². The highest BCUT2D eigenvalue weighted by molar-refractivity contribution is 5.78. The third-order valence-corrected chi connectivity index (χ3v) is 4.64. The zero-order valence-corrected chi connectivity index (χ0v) is 12.9. The van der Waals surface area contributed by atoms with E-state index in [1.807, 2.05) is 18.9 Å². The molecule has 1 heterocycles. The summed E-state index contributed by atoms with van der Waals surface area (Å²) in [5.41, 5.74) is 5.89. The minimum atomic E-state index is 0.0176. The van der Waals surface area contributed by atoms with E-state index in [1.54, 1.807) is 0 Å². The molecule has 2 fully saturated rings. The highest BCUT2D eigenvalue weighted by Gasteiger charge is 2.27. The number of nitrogens with two attached hydrogens (primary N) is 1. The number of carbonyl (C=O) groups excluding carboxylic acids is 1. The number of morpholine rings is 1. The van der Waals surface area contributed by atoms with E-state index in [4.69, 9.17) is 10.5 Å². The molecule has 116 valence electrons. The molecule has 1 aliphatic heterocycles. The van der Waals surface area contributed by atoms with Crippen LogP contribution in [0.2, 0.25) is 0 Å². The predicted octanol–water partition coefficient (Wildman–Crippen LogP) is 0.826. The number of hydrogen-bond donors (Lipinski definition) is 1. The summed E-state index contributed by atoms with van der Waals surface area (Å²) in [5.74, 6) is 0.238. The van der Waals surface area contributed by atoms with Crippen molar-refractivity contribution >= 4 is 5.91 Å². The van der Waals surface area contributed by atoms with Gasteiger partial charge in [0.05, 0.1) is 19.3 Å². The molecule has 0 bridgehead atoms. The molecular weight excluding hydrogens is 254 g/mol. The third kappa shape index (κ3) is 4.17. The number of amides is 1. The minimum absolute atomic E-state index is 0.0176. The molecule has 2 atom stereocenters. The van der Waals surface area contributed by atoms with Crippen molar-refractivity contribution in [1.29, 1.82) is 0 Å². The number of nitrogens with zero attached hydrogens (tertiary/aromatic N) is 2. The Morgan fingerprint density at radius 2 is 2.10 bits per heavy atom. The van der Waals surface area contributed by atoms with Crippen molar-refractivity contribution in [1.82, 2.24) is 9.80 Å². The molecule has 2 rings (SSSR count). The van der Waals surface area contributed by atoms with E-state index < -0.39 is 0 Å². The molecule has 2 unspecified atom stereocenters. The number of likely N-dealkylation sites (N-methyl/N-ethyl adjacent to an activating group) is 1. The fourth-order valence-corrected chi connectivity index (χ4v) is 3.17. The van der Waals surface area contributed by atoms with E-state index in [0.29, 0.717) is 19.2 Å². The second-order valence-electron chi connectivity index (χ2n) is 6.30. The van der Waals surface area contributed by atoms with Crippen molar-refractivity contribution in [2.45, 2.75) is 57.2 Å². The summed E-state index contributed by atoms with van der Waals surface area (Å²) >= 11 is 0. The van der Waals surface area contributed by atoms with Gasteiger partial charge in [-0.3, -0.25) is 9.69 Å². The molecule has 1 aliphatic carbocycles. The second kappa shape index (κ2) is 7.38. The van der Waals surface area contributed by atoms with Crippen LogP contribution in [0.3, 0.4) is 0 Å². The number of rotatable bonds is 4. The van der Waals surface area contributed by atoms with Crippen molar-refractivity contribution < 1.29 is 9.53 Å². The summed E-state index contributed by atoms with van der Waals surface area (Å²) in [6.07, 6.45) is 6.20. The molecule has 20 heavy (non-hydrogen) atoms. The zero-order valence-electron chi connectivity index (χ0n) is 12.9. The van der Waals surface area contributed by atoms with E-state index >= 15 is 0 Å². The van der Waals surface area contributed by atoms with Gasteiger partial charge in [-0.15, -0.1) is 0 Å². The Morgan fingerprint density at radius 3 is 2.75 bits per heavy atom. The molecule has 2 aliphatic rings. The normalized spacial score (nSPS) is 27.2. The Balaban J connectivity index is 1.80. The second-order valence-corrected chi connectivity index (χ2v) is 6.30. The lowest BCUT2D eigenvalue weighted by Gasteiger charge is -2.37. The van der Waals surface area contributed by atoms with Gasteiger partial charge in [-0.2, -0.15) is 0 Å². The standard InChI is InChI=1S/C15H29N3O2/c1-12(16)14-10-18(8-9-20-14)11-15(19)17(2)13-6-4-3-5-7-13/h12-14H,3-11,16H2,1-2H3. The molecule has 5 heteroatoms. The van der Waals surface area contributed by atoms with E-state index in [-0.39, 0.29) is 18.1 Å². The summed E-state index contributed by atoms with van der Waals surface area (Å²) in [6, 6.07) is 0.463. The molecule has 0 aromatic heterocycles. The fourth-order valence-electron chi connectivity index (χ4n) is 3.17. The van der Waals surface area contributed by atoms with Gasteiger partial charge in [-0.25, -0.2) is 0 Å². The molecule has 0 aromatic carbocycles. The van der Waals surface area contributed by atoms with Crippen LogP contribution in [-0.2, 0) is 9.53 Å². The predicted molar refractivity (Wildman–Crippen MR) is 79.5 cm³/mol. The van der Waals surface area contributed by atoms with Gasteiger partial charge < -0.3 is 15.4 Å². The fraction of sp³-hybridized carbons (Fsp3) is 0.933. The van der Waals surface area contributed by atoms with Crippen molar-refractivity contribution in [3.63, 3.8) is 0 Å². The lowest BCUT2D eigenvalue weighted by atomic mass is 9.94. The largest absolute Gasteiger partial charge is 0.374 e. The maximum absolute atomic E-state index is 12.4. The highest BCUT2D eigenvalue weighted by atomic mass is 16.5. The van der Waals surface area contributed by atoms with Crippen LogP contribution in [0.1, 0.15) is 39.0 Å². The van der Waals surface area contributed by atoms with Crippen molar-refractivity contribution in [2.24, 2.45) is 5.73 Å². The molecule has 1 amide bonds. The van der Waals surface area contributed by atoms with E-state index in [1.165, 1.54) is 19.3 Å². The average Bonchev–Trinajstić information content (AvgIpc) is 2.47. The van der Waals surface area contributed by atoms with Crippen LogP contribution in [0.4, 0.5) is 0 Å². The van der Waals surface area contributed by atoms with E-state index in [9.17, 15) is 4.79 Å². The van der Waals surface area contributed by atoms with Gasteiger partial charge in [-0.05, 0) is 19.8 Å². The molecule has 0 radical (unpaired) electrons. The summed E-state index contributed by atoms with van der Waals surface area (Å²) in [6.45, 7) is 4.73. The Bertz CT molecular complexity index is 316. The monoisotopic (exact) mass is 283 g/mol. The smallest absolute Gasteiger partial charge is 0.236 e. The first-order valence-corrected chi connectivity index (χ1v) is 7.93. The molecule has 1 saturated heterocycles. The number of carbonyl (C=O) groups is 1. The van der Waals surface area contributed by atoms with Gasteiger partial charge in [0.25, 0.3) is 0 Å². The van der Waals surface area contributed by atoms with Crippen LogP contribution in [0.25, 0.3) is 0 Å². The Hall–Kier alpha value is -0.650. The first kappa shape index (κ1) is 15.7. The average molecular weight is 283 g/mol. The maximum atomic E-state index is 12.4. The third-order valence-electron chi connectivity index (χ3n) is 4.64. The zero-order chi connectivity index (χ0) is 14.5. The van der Waals surface area contributed by atoms with Gasteiger partial charge in [-0.1, -0.05) is 19.3 Å². The van der Waals surface area contributed by atoms with Crippen LogP contribution >= 0.6 is 0 Å². The lowest BCUT2D eigenvalue weighted by Crippen LogP contribution is -2.52. The highest BCUT2D eigenvalue weighted by Crippen LogP contribution is 2.21. The van der Waals surface area contributed by atoms with Crippen LogP contribution in [0.15, 0.2) is 0 Å². The van der Waals surface area contributed by atoms with Crippen molar-refractivity contribution in [2.75, 3.05) is 33.3 Å². The lowest BCUT2D eigenvalue weighted by molar-refractivity contribution is -0.136. The number of ether oxygens (including phenoxy) is 1. The van der Waals surface area contributed by atoms with Crippen LogP contribution in [-0.4, -0.2) is 67.2 Å². The molecular formula is C15H29N3O2. The van der Waals surface area contributed by atoms with E-state index in [0.717, 1.165) is 25.9 Å². The Morgan fingerprint density at radius 1 is 1.40 bits per heavy atom. The molecule has 1 saturated carbocycles. The van der Waals surface area contributed by atoms with Crippen LogP contribution in [0, 0.1) is 0 Å². The van der Waals surface area contributed by atoms with Crippen LogP contribution in [0.5, 0.6) is 0 Å². The van der Waals surface area contributed by atoms with Crippen molar-refractivity contribution in [3.8, 4) is 0 Å². The van der Waals surface area contributed by atoms with Gasteiger partial charge >= 0.3 is 0 Å². The number of hydrogen-bond acceptors (Lipinski definition) is 4. The topological polar surface area (TPSA) is 58.8 Å². The Kier molecular flexibility index (Phi) is 5.81. The van der Waals surface area contributed by atoms with E-state index in [2.05, 4.69) is 4.90 Å². The summed E-state index contributed by atoms with van der Waals surface area (Å²) in [7, 11) is 1.96. The van der Waals surface area contributed by atoms with Gasteiger partial charge in [0.2, 0.25) is 5.91 Å². The molecule has 5 nitrogen and oxygen atoms in total. The summed E-state index contributed by atoms with van der Waals surface area (Å²) in [4.78, 5) is 16.5. The summed E-state index contributed by atoms with van der Waals surface area (Å²) < 4.78 is 5.64. The first-order chi connectivity index (χ1) is 9.58.